The molecule has 0 aliphatic rings. The number of amides is 1. The lowest BCUT2D eigenvalue weighted by Gasteiger charge is -2.05. The SMILES string of the molecule is O=C(Nc1cccc(Cl)c1)c1ccc2nc(Cc3ccccc3)oc2c1. The first-order valence-corrected chi connectivity index (χ1v) is 8.55. The van der Waals surface area contributed by atoms with Gasteiger partial charge in [-0.05, 0) is 42.0 Å². The van der Waals surface area contributed by atoms with Crippen molar-refractivity contribution in [2.75, 3.05) is 5.32 Å². The average molecular weight is 363 g/mol. The largest absolute Gasteiger partial charge is 0.440 e. The van der Waals surface area contributed by atoms with Gasteiger partial charge in [-0.3, -0.25) is 4.79 Å². The maximum atomic E-state index is 12.5. The smallest absolute Gasteiger partial charge is 0.255 e. The van der Waals surface area contributed by atoms with Crippen molar-refractivity contribution in [3.63, 3.8) is 0 Å². The standard InChI is InChI=1S/C21H15ClN2O2/c22-16-7-4-8-17(13-16)23-21(25)15-9-10-18-19(12-15)26-20(24-18)11-14-5-2-1-3-6-14/h1-10,12-13H,11H2,(H,23,25). The number of aromatic nitrogens is 1. The fraction of sp³-hybridized carbons (Fsp3) is 0.0476. The normalized spacial score (nSPS) is 10.8. The fourth-order valence-electron chi connectivity index (χ4n) is 2.73. The second-order valence-electron chi connectivity index (χ2n) is 5.92. The van der Waals surface area contributed by atoms with Crippen molar-refractivity contribution in [2.45, 2.75) is 6.42 Å². The minimum atomic E-state index is -0.227. The minimum Gasteiger partial charge on any atom is -0.440 e. The number of hydrogen-bond acceptors (Lipinski definition) is 3. The molecule has 0 saturated carbocycles. The predicted octanol–water partition coefficient (Wildman–Crippen LogP) is 5.32. The van der Waals surface area contributed by atoms with Gasteiger partial charge in [0.2, 0.25) is 0 Å². The Hall–Kier alpha value is -3.11. The van der Waals surface area contributed by atoms with Crippen LogP contribution < -0.4 is 5.32 Å². The van der Waals surface area contributed by atoms with Crippen LogP contribution in [0, 0.1) is 0 Å². The molecular weight excluding hydrogens is 348 g/mol. The molecule has 26 heavy (non-hydrogen) atoms. The molecule has 4 rings (SSSR count). The highest BCUT2D eigenvalue weighted by molar-refractivity contribution is 6.31. The van der Waals surface area contributed by atoms with Gasteiger partial charge in [0.15, 0.2) is 11.5 Å². The topological polar surface area (TPSA) is 55.1 Å². The van der Waals surface area contributed by atoms with Crippen LogP contribution in [0.3, 0.4) is 0 Å². The van der Waals surface area contributed by atoms with E-state index in [2.05, 4.69) is 10.3 Å². The molecule has 0 aliphatic carbocycles. The summed E-state index contributed by atoms with van der Waals surface area (Å²) in [6.07, 6.45) is 0.611. The van der Waals surface area contributed by atoms with Gasteiger partial charge in [0, 0.05) is 22.7 Å². The molecule has 0 radical (unpaired) electrons. The van der Waals surface area contributed by atoms with E-state index in [4.69, 9.17) is 16.0 Å². The first-order valence-electron chi connectivity index (χ1n) is 8.18. The summed E-state index contributed by atoms with van der Waals surface area (Å²) in [5.41, 5.74) is 3.59. The highest BCUT2D eigenvalue weighted by Crippen LogP contribution is 2.21. The molecule has 128 valence electrons. The van der Waals surface area contributed by atoms with E-state index < -0.39 is 0 Å². The Balaban J connectivity index is 1.56. The summed E-state index contributed by atoms with van der Waals surface area (Å²) in [6.45, 7) is 0. The molecule has 1 N–H and O–H groups in total. The summed E-state index contributed by atoms with van der Waals surface area (Å²) in [6, 6.07) is 22.2. The molecule has 1 amide bonds. The number of hydrogen-bond donors (Lipinski definition) is 1. The van der Waals surface area contributed by atoms with Crippen molar-refractivity contribution in [2.24, 2.45) is 0 Å². The number of nitrogens with zero attached hydrogens (tertiary/aromatic N) is 1. The van der Waals surface area contributed by atoms with Gasteiger partial charge in [-0.2, -0.15) is 0 Å². The monoisotopic (exact) mass is 362 g/mol. The van der Waals surface area contributed by atoms with Crippen LogP contribution in [0.1, 0.15) is 21.8 Å². The van der Waals surface area contributed by atoms with E-state index in [0.717, 1.165) is 11.1 Å². The van der Waals surface area contributed by atoms with Crippen LogP contribution in [0.25, 0.3) is 11.1 Å². The fourth-order valence-corrected chi connectivity index (χ4v) is 2.92. The molecule has 0 bridgehead atoms. The number of fused-ring (bicyclic) bond motifs is 1. The summed E-state index contributed by atoms with van der Waals surface area (Å²) in [7, 11) is 0. The lowest BCUT2D eigenvalue weighted by atomic mass is 10.1. The zero-order chi connectivity index (χ0) is 17.9. The molecule has 0 fully saturated rings. The Morgan fingerprint density at radius 1 is 1.00 bits per heavy atom. The Morgan fingerprint density at radius 3 is 2.65 bits per heavy atom. The first kappa shape index (κ1) is 16.4. The van der Waals surface area contributed by atoms with E-state index in [9.17, 15) is 4.79 Å². The molecule has 0 aliphatic heterocycles. The molecule has 4 aromatic rings. The van der Waals surface area contributed by atoms with Crippen LogP contribution in [0.5, 0.6) is 0 Å². The van der Waals surface area contributed by atoms with Gasteiger partial charge in [0.05, 0.1) is 0 Å². The zero-order valence-electron chi connectivity index (χ0n) is 13.8. The number of halogens is 1. The lowest BCUT2D eigenvalue weighted by molar-refractivity contribution is 0.102. The lowest BCUT2D eigenvalue weighted by Crippen LogP contribution is -2.11. The Morgan fingerprint density at radius 2 is 1.85 bits per heavy atom. The number of carbonyl (C=O) groups excluding carboxylic acids is 1. The van der Waals surface area contributed by atoms with Gasteiger partial charge in [0.25, 0.3) is 5.91 Å². The van der Waals surface area contributed by atoms with E-state index in [-0.39, 0.29) is 5.91 Å². The van der Waals surface area contributed by atoms with Gasteiger partial charge >= 0.3 is 0 Å². The van der Waals surface area contributed by atoms with Gasteiger partial charge in [-0.15, -0.1) is 0 Å². The molecule has 0 unspecified atom stereocenters. The van der Waals surface area contributed by atoms with Gasteiger partial charge in [0.1, 0.15) is 5.52 Å². The highest BCUT2D eigenvalue weighted by atomic mass is 35.5. The zero-order valence-corrected chi connectivity index (χ0v) is 14.5. The number of carbonyl (C=O) groups is 1. The van der Waals surface area contributed by atoms with Crippen molar-refractivity contribution in [1.82, 2.24) is 4.98 Å². The Kier molecular flexibility index (Phi) is 4.42. The second kappa shape index (κ2) is 7.02. The minimum absolute atomic E-state index is 0.227. The van der Waals surface area contributed by atoms with Crippen LogP contribution >= 0.6 is 11.6 Å². The third-order valence-electron chi connectivity index (χ3n) is 3.98. The van der Waals surface area contributed by atoms with Crippen molar-refractivity contribution in [3.8, 4) is 0 Å². The quantitative estimate of drug-likeness (QED) is 0.534. The number of anilines is 1. The van der Waals surface area contributed by atoms with E-state index in [1.54, 1.807) is 42.5 Å². The van der Waals surface area contributed by atoms with E-state index in [0.29, 0.717) is 34.2 Å². The molecular formula is C21H15ClN2O2. The van der Waals surface area contributed by atoms with Gasteiger partial charge in [-0.25, -0.2) is 4.98 Å². The third-order valence-corrected chi connectivity index (χ3v) is 4.21. The highest BCUT2D eigenvalue weighted by Gasteiger charge is 2.11. The summed E-state index contributed by atoms with van der Waals surface area (Å²) < 4.78 is 5.82. The van der Waals surface area contributed by atoms with E-state index in [1.165, 1.54) is 0 Å². The van der Waals surface area contributed by atoms with Crippen LogP contribution in [0.4, 0.5) is 5.69 Å². The van der Waals surface area contributed by atoms with Crippen molar-refractivity contribution >= 4 is 34.3 Å². The molecule has 4 nitrogen and oxygen atoms in total. The van der Waals surface area contributed by atoms with Crippen LogP contribution in [0.2, 0.25) is 5.02 Å². The molecule has 5 heteroatoms. The van der Waals surface area contributed by atoms with Crippen molar-refractivity contribution in [3.05, 3.63) is 94.8 Å². The Labute approximate surface area is 155 Å². The molecule has 0 atom stereocenters. The summed E-state index contributed by atoms with van der Waals surface area (Å²) in [4.78, 5) is 16.9. The second-order valence-corrected chi connectivity index (χ2v) is 6.35. The first-order chi connectivity index (χ1) is 12.7. The Bertz CT molecular complexity index is 1070. The maximum absolute atomic E-state index is 12.5. The number of nitrogens with one attached hydrogen (secondary N) is 1. The predicted molar refractivity (Wildman–Crippen MR) is 103 cm³/mol. The van der Waals surface area contributed by atoms with E-state index in [1.807, 2.05) is 30.3 Å². The number of rotatable bonds is 4. The van der Waals surface area contributed by atoms with Crippen LogP contribution in [0.15, 0.2) is 77.2 Å². The number of oxazole rings is 1. The van der Waals surface area contributed by atoms with E-state index >= 15 is 0 Å². The van der Waals surface area contributed by atoms with Crippen molar-refractivity contribution in [1.29, 1.82) is 0 Å². The van der Waals surface area contributed by atoms with Crippen LogP contribution in [-0.4, -0.2) is 10.9 Å². The average Bonchev–Trinajstić information content (AvgIpc) is 3.04. The maximum Gasteiger partial charge on any atom is 0.255 e. The molecule has 1 heterocycles. The molecule has 0 saturated heterocycles. The van der Waals surface area contributed by atoms with Crippen molar-refractivity contribution < 1.29 is 9.21 Å². The third kappa shape index (κ3) is 3.60. The summed E-state index contributed by atoms with van der Waals surface area (Å²) in [5.74, 6) is 0.397. The summed E-state index contributed by atoms with van der Waals surface area (Å²) in [5, 5.41) is 3.39. The van der Waals surface area contributed by atoms with Gasteiger partial charge < -0.3 is 9.73 Å². The molecule has 3 aromatic carbocycles. The summed E-state index contributed by atoms with van der Waals surface area (Å²) >= 11 is 5.95. The molecule has 0 spiro atoms. The molecule has 1 aromatic heterocycles. The van der Waals surface area contributed by atoms with Crippen LogP contribution in [-0.2, 0) is 6.42 Å². The number of benzene rings is 3. The van der Waals surface area contributed by atoms with Gasteiger partial charge in [-0.1, -0.05) is 48.0 Å².